The van der Waals surface area contributed by atoms with Gasteiger partial charge >= 0.3 is 6.18 Å². The zero-order chi connectivity index (χ0) is 27.6. The molecule has 200 valence electrons. The van der Waals surface area contributed by atoms with Gasteiger partial charge in [-0.15, -0.1) is 0 Å². The summed E-state index contributed by atoms with van der Waals surface area (Å²) in [6.07, 6.45) is 3.03. The third-order valence-corrected chi connectivity index (χ3v) is 6.57. The van der Waals surface area contributed by atoms with Crippen molar-refractivity contribution >= 4 is 15.5 Å². The van der Waals surface area contributed by atoms with Crippen molar-refractivity contribution in [1.82, 2.24) is 5.01 Å². The quantitative estimate of drug-likeness (QED) is 0.136. The van der Waals surface area contributed by atoms with Gasteiger partial charge < -0.3 is 0 Å². The summed E-state index contributed by atoms with van der Waals surface area (Å²) >= 11 is 0. The minimum absolute atomic E-state index is 0.0136. The SMILES string of the molecule is C\C=C/C(F)=C(C)\C=C\C(C)/C(=N\N(CCc1ccccc1)CC(F)(F)F)c1ccc(S(C)(=O)=O)cc1. The van der Waals surface area contributed by atoms with E-state index in [1.54, 1.807) is 39.0 Å². The zero-order valence-electron chi connectivity index (χ0n) is 21.3. The summed E-state index contributed by atoms with van der Waals surface area (Å²) in [6, 6.07) is 15.0. The van der Waals surface area contributed by atoms with E-state index in [9.17, 15) is 26.0 Å². The van der Waals surface area contributed by atoms with Crippen LogP contribution in [0.4, 0.5) is 17.6 Å². The lowest BCUT2D eigenvalue weighted by molar-refractivity contribution is -0.145. The first-order chi connectivity index (χ1) is 17.3. The average Bonchev–Trinajstić information content (AvgIpc) is 2.83. The lowest BCUT2D eigenvalue weighted by atomic mass is 9.97. The normalized spacial score (nSPS) is 14.8. The molecule has 2 rings (SSSR count). The van der Waals surface area contributed by atoms with E-state index in [2.05, 4.69) is 5.10 Å². The van der Waals surface area contributed by atoms with Crippen LogP contribution in [0, 0.1) is 5.92 Å². The predicted molar refractivity (Wildman–Crippen MR) is 141 cm³/mol. The molecule has 0 N–H and O–H groups in total. The highest BCUT2D eigenvalue weighted by Crippen LogP contribution is 2.21. The molecule has 1 atom stereocenters. The third-order valence-electron chi connectivity index (χ3n) is 5.45. The van der Waals surface area contributed by atoms with Crippen molar-refractivity contribution in [3.63, 3.8) is 0 Å². The number of rotatable bonds is 11. The Bertz CT molecular complexity index is 1250. The van der Waals surface area contributed by atoms with Crippen LogP contribution in [0.3, 0.4) is 0 Å². The molecule has 0 heterocycles. The molecule has 0 fully saturated rings. The molecule has 0 bridgehead atoms. The Kier molecular flexibility index (Phi) is 10.9. The highest BCUT2D eigenvalue weighted by atomic mass is 32.2. The molecular formula is C28H32F4N2O2S. The highest BCUT2D eigenvalue weighted by Gasteiger charge is 2.31. The van der Waals surface area contributed by atoms with Gasteiger partial charge in [-0.2, -0.15) is 18.3 Å². The standard InChI is InChI=1S/C28H32F4N2O2S/c1-5-9-26(29)21(2)12-13-22(3)27(24-14-16-25(17-15-24)37(4,35)36)33-34(20-28(30,31)32)19-18-23-10-7-6-8-11-23/h5-17,22H,18-20H2,1-4H3/b9-5-,13-12+,26-21+,33-27+. The zero-order valence-corrected chi connectivity index (χ0v) is 22.2. The van der Waals surface area contributed by atoms with Gasteiger partial charge in [0.2, 0.25) is 0 Å². The monoisotopic (exact) mass is 536 g/mol. The van der Waals surface area contributed by atoms with Gasteiger partial charge in [0.05, 0.1) is 10.6 Å². The van der Waals surface area contributed by atoms with Crippen molar-refractivity contribution in [1.29, 1.82) is 0 Å². The van der Waals surface area contributed by atoms with Gasteiger partial charge in [-0.05, 0) is 55.2 Å². The van der Waals surface area contributed by atoms with E-state index in [0.717, 1.165) is 16.8 Å². The van der Waals surface area contributed by atoms with E-state index in [1.807, 2.05) is 30.3 Å². The Morgan fingerprint density at radius 2 is 1.68 bits per heavy atom. The second-order valence-electron chi connectivity index (χ2n) is 8.70. The van der Waals surface area contributed by atoms with Crippen molar-refractivity contribution in [3.8, 4) is 0 Å². The van der Waals surface area contributed by atoms with E-state index >= 15 is 0 Å². The summed E-state index contributed by atoms with van der Waals surface area (Å²) in [5, 5.41) is 5.38. The molecule has 0 radical (unpaired) electrons. The van der Waals surface area contributed by atoms with Crippen molar-refractivity contribution in [2.45, 2.75) is 38.3 Å². The van der Waals surface area contributed by atoms with E-state index in [1.165, 1.54) is 30.3 Å². The maximum absolute atomic E-state index is 14.1. The summed E-state index contributed by atoms with van der Waals surface area (Å²) in [5.41, 5.74) is 1.99. The Hall–Kier alpha value is -3.20. The van der Waals surface area contributed by atoms with Gasteiger partial charge in [-0.25, -0.2) is 12.8 Å². The molecule has 0 amide bonds. The minimum atomic E-state index is -4.49. The van der Waals surface area contributed by atoms with Crippen molar-refractivity contribution in [2.24, 2.45) is 11.0 Å². The molecular weight excluding hydrogens is 504 g/mol. The Morgan fingerprint density at radius 3 is 2.22 bits per heavy atom. The van der Waals surface area contributed by atoms with Gasteiger partial charge in [-0.3, -0.25) is 5.01 Å². The summed E-state index contributed by atoms with van der Waals surface area (Å²) in [5.74, 6) is -0.937. The molecule has 0 saturated heterocycles. The predicted octanol–water partition coefficient (Wildman–Crippen LogP) is 6.91. The lowest BCUT2D eigenvalue weighted by Crippen LogP contribution is -2.33. The van der Waals surface area contributed by atoms with Crippen LogP contribution in [0.2, 0.25) is 0 Å². The van der Waals surface area contributed by atoms with Crippen LogP contribution in [0.15, 0.2) is 100 Å². The van der Waals surface area contributed by atoms with E-state index in [4.69, 9.17) is 0 Å². The molecule has 4 nitrogen and oxygen atoms in total. The van der Waals surface area contributed by atoms with Gasteiger partial charge in [0.1, 0.15) is 12.4 Å². The van der Waals surface area contributed by atoms with Crippen LogP contribution in [-0.2, 0) is 16.3 Å². The number of hydrogen-bond acceptors (Lipinski definition) is 4. The molecule has 0 aromatic heterocycles. The van der Waals surface area contributed by atoms with Crippen LogP contribution in [0.5, 0.6) is 0 Å². The number of nitrogens with zero attached hydrogens (tertiary/aromatic N) is 2. The number of hydrogen-bond donors (Lipinski definition) is 0. The van der Waals surface area contributed by atoms with E-state index < -0.39 is 34.3 Å². The van der Waals surface area contributed by atoms with Crippen molar-refractivity contribution < 1.29 is 26.0 Å². The number of alkyl halides is 3. The smallest absolute Gasteiger partial charge is 0.287 e. The summed E-state index contributed by atoms with van der Waals surface area (Å²) in [7, 11) is -3.46. The Morgan fingerprint density at radius 1 is 1.05 bits per heavy atom. The van der Waals surface area contributed by atoms with E-state index in [-0.39, 0.29) is 11.4 Å². The Labute approximate surface area is 216 Å². The third kappa shape index (κ3) is 10.4. The fourth-order valence-electron chi connectivity index (χ4n) is 3.45. The minimum Gasteiger partial charge on any atom is -0.287 e. The summed E-state index contributed by atoms with van der Waals surface area (Å²) in [4.78, 5) is 0.0854. The average molecular weight is 537 g/mol. The van der Waals surface area contributed by atoms with Gasteiger partial charge in [0.15, 0.2) is 9.84 Å². The summed E-state index contributed by atoms with van der Waals surface area (Å²) < 4.78 is 78.2. The highest BCUT2D eigenvalue weighted by molar-refractivity contribution is 7.90. The number of hydrazone groups is 1. The molecule has 0 aliphatic rings. The van der Waals surface area contributed by atoms with Gasteiger partial charge in [0.25, 0.3) is 0 Å². The second-order valence-corrected chi connectivity index (χ2v) is 10.7. The van der Waals surface area contributed by atoms with E-state index in [0.29, 0.717) is 23.3 Å². The van der Waals surface area contributed by atoms with Gasteiger partial charge in [-0.1, -0.05) is 67.6 Å². The fraction of sp³-hybridized carbons (Fsp3) is 0.321. The topological polar surface area (TPSA) is 49.7 Å². The van der Waals surface area contributed by atoms with Crippen LogP contribution < -0.4 is 0 Å². The number of sulfone groups is 1. The van der Waals surface area contributed by atoms with Crippen LogP contribution >= 0.6 is 0 Å². The van der Waals surface area contributed by atoms with Crippen molar-refractivity contribution in [2.75, 3.05) is 19.3 Å². The molecule has 2 aromatic carbocycles. The molecule has 0 aliphatic heterocycles. The van der Waals surface area contributed by atoms with Crippen LogP contribution in [-0.4, -0.2) is 44.7 Å². The molecule has 9 heteroatoms. The first-order valence-electron chi connectivity index (χ1n) is 11.7. The maximum Gasteiger partial charge on any atom is 0.407 e. The number of allylic oxidation sites excluding steroid dienone is 6. The molecule has 2 aromatic rings. The molecule has 1 unspecified atom stereocenters. The maximum atomic E-state index is 14.1. The molecule has 0 aliphatic carbocycles. The second kappa shape index (κ2) is 13.4. The molecule has 0 spiro atoms. The van der Waals surface area contributed by atoms with Crippen LogP contribution in [0.25, 0.3) is 0 Å². The number of benzene rings is 2. The van der Waals surface area contributed by atoms with Gasteiger partial charge in [0, 0.05) is 18.7 Å². The summed E-state index contributed by atoms with van der Waals surface area (Å²) in [6.45, 7) is 3.78. The molecule has 37 heavy (non-hydrogen) atoms. The lowest BCUT2D eigenvalue weighted by Gasteiger charge is -2.24. The first-order valence-corrected chi connectivity index (χ1v) is 13.6. The first kappa shape index (κ1) is 30.0. The number of halogens is 4. The molecule has 0 saturated carbocycles. The van der Waals surface area contributed by atoms with Crippen molar-refractivity contribution in [3.05, 3.63) is 101 Å². The largest absolute Gasteiger partial charge is 0.407 e. The van der Waals surface area contributed by atoms with Crippen LogP contribution in [0.1, 0.15) is 31.9 Å². The fourth-order valence-corrected chi connectivity index (χ4v) is 4.08. The Balaban J connectivity index is 2.51.